The fourth-order valence-electron chi connectivity index (χ4n) is 2.47. The lowest BCUT2D eigenvalue weighted by molar-refractivity contribution is 0.503. The molecule has 0 bridgehead atoms. The summed E-state index contributed by atoms with van der Waals surface area (Å²) in [6.45, 7) is 9.74. The second kappa shape index (κ2) is 10.2. The molecule has 1 heterocycles. The van der Waals surface area contributed by atoms with Crippen LogP contribution < -0.4 is 10.6 Å². The molecule has 0 atom stereocenters. The van der Waals surface area contributed by atoms with Gasteiger partial charge in [-0.05, 0) is 31.5 Å². The van der Waals surface area contributed by atoms with Crippen LogP contribution in [0.2, 0.25) is 0 Å². The van der Waals surface area contributed by atoms with Gasteiger partial charge in [-0.2, -0.15) is 0 Å². The number of aliphatic imine (C=N–C) groups is 1. The molecule has 0 aliphatic heterocycles. The number of halogens is 2. The molecule has 0 saturated heterocycles. The molecule has 144 valence electrons. The molecule has 0 spiro atoms. The van der Waals surface area contributed by atoms with Crippen LogP contribution in [0.1, 0.15) is 35.0 Å². The first-order valence-electron chi connectivity index (χ1n) is 8.45. The Balaban J connectivity index is 0.00000338. The molecule has 0 amide bonds. The van der Waals surface area contributed by atoms with Crippen molar-refractivity contribution in [3.05, 3.63) is 51.2 Å². The normalized spacial score (nSPS) is 11.8. The predicted molar refractivity (Wildman–Crippen MR) is 119 cm³/mol. The fourth-order valence-corrected chi connectivity index (χ4v) is 3.40. The van der Waals surface area contributed by atoms with Crippen molar-refractivity contribution in [3.8, 4) is 0 Å². The Labute approximate surface area is 176 Å². The molecule has 0 unspecified atom stereocenters. The van der Waals surface area contributed by atoms with Crippen LogP contribution in [0.4, 0.5) is 4.39 Å². The van der Waals surface area contributed by atoms with Gasteiger partial charge in [0, 0.05) is 36.9 Å². The molecule has 26 heavy (non-hydrogen) atoms. The molecule has 4 nitrogen and oxygen atoms in total. The molecule has 0 radical (unpaired) electrons. The summed E-state index contributed by atoms with van der Waals surface area (Å²) in [5.41, 5.74) is 1.87. The minimum absolute atomic E-state index is 0. The van der Waals surface area contributed by atoms with Crippen molar-refractivity contribution in [1.29, 1.82) is 0 Å². The van der Waals surface area contributed by atoms with Gasteiger partial charge in [-0.3, -0.25) is 4.99 Å². The van der Waals surface area contributed by atoms with E-state index in [4.69, 9.17) is 0 Å². The summed E-state index contributed by atoms with van der Waals surface area (Å²) in [6, 6.07) is 6.76. The maximum atomic E-state index is 13.5. The monoisotopic (exact) mass is 490 g/mol. The van der Waals surface area contributed by atoms with E-state index >= 15 is 0 Å². The molecule has 0 saturated carbocycles. The molecule has 2 rings (SSSR count). The van der Waals surface area contributed by atoms with E-state index in [-0.39, 0.29) is 35.2 Å². The van der Waals surface area contributed by atoms with E-state index in [2.05, 4.69) is 41.4 Å². The number of hydrogen-bond donors (Lipinski definition) is 2. The van der Waals surface area contributed by atoms with E-state index < -0.39 is 0 Å². The van der Waals surface area contributed by atoms with Crippen LogP contribution in [0, 0.1) is 19.7 Å². The lowest BCUT2D eigenvalue weighted by Gasteiger charge is -2.26. The van der Waals surface area contributed by atoms with Crippen LogP contribution in [-0.4, -0.2) is 31.1 Å². The van der Waals surface area contributed by atoms with E-state index in [0.717, 1.165) is 35.2 Å². The van der Waals surface area contributed by atoms with Crippen LogP contribution in [0.25, 0.3) is 0 Å². The molecule has 7 heteroatoms. The summed E-state index contributed by atoms with van der Waals surface area (Å²) in [5, 5.41) is 7.78. The van der Waals surface area contributed by atoms with Gasteiger partial charge < -0.3 is 10.6 Å². The maximum absolute atomic E-state index is 13.5. The Morgan fingerprint density at radius 2 is 2.00 bits per heavy atom. The summed E-state index contributed by atoms with van der Waals surface area (Å²) in [6.07, 6.45) is 0.868. The van der Waals surface area contributed by atoms with Gasteiger partial charge in [0.05, 0.1) is 10.7 Å². The Kier molecular flexibility index (Phi) is 8.95. The van der Waals surface area contributed by atoms with Gasteiger partial charge in [0.25, 0.3) is 0 Å². The molecule has 1 aromatic carbocycles. The maximum Gasteiger partial charge on any atom is 0.191 e. The van der Waals surface area contributed by atoms with Gasteiger partial charge in [0.1, 0.15) is 5.82 Å². The van der Waals surface area contributed by atoms with E-state index in [1.807, 2.05) is 13.0 Å². The van der Waals surface area contributed by atoms with E-state index in [1.165, 1.54) is 10.9 Å². The summed E-state index contributed by atoms with van der Waals surface area (Å²) in [7, 11) is 1.75. The predicted octanol–water partition coefficient (Wildman–Crippen LogP) is 4.20. The number of rotatable bonds is 6. The van der Waals surface area contributed by atoms with Crippen molar-refractivity contribution >= 4 is 41.3 Å². The molecular formula is C19H28FIN4S. The zero-order valence-electron chi connectivity index (χ0n) is 16.0. The zero-order valence-corrected chi connectivity index (χ0v) is 19.2. The van der Waals surface area contributed by atoms with E-state index in [9.17, 15) is 4.39 Å². The number of aryl methyl sites for hydroxylation is 2. The largest absolute Gasteiger partial charge is 0.356 e. The highest BCUT2D eigenvalue weighted by Crippen LogP contribution is 2.22. The number of aromatic nitrogens is 1. The van der Waals surface area contributed by atoms with Crippen molar-refractivity contribution in [1.82, 2.24) is 15.6 Å². The quantitative estimate of drug-likeness (QED) is 0.363. The molecule has 0 aliphatic rings. The number of benzene rings is 1. The third kappa shape index (κ3) is 6.50. The molecule has 1 aromatic heterocycles. The number of nitrogens with zero attached hydrogens (tertiary/aromatic N) is 2. The van der Waals surface area contributed by atoms with Gasteiger partial charge in [-0.15, -0.1) is 35.3 Å². The van der Waals surface area contributed by atoms with E-state index in [0.29, 0.717) is 6.54 Å². The minimum atomic E-state index is -0.206. The number of thiazole rings is 1. The number of nitrogens with one attached hydrogen (secondary N) is 2. The van der Waals surface area contributed by atoms with Crippen LogP contribution in [0.5, 0.6) is 0 Å². The van der Waals surface area contributed by atoms with Crippen LogP contribution in [0.15, 0.2) is 29.3 Å². The Hall–Kier alpha value is -1.22. The molecule has 0 fully saturated rings. The van der Waals surface area contributed by atoms with Gasteiger partial charge in [0.15, 0.2) is 5.96 Å². The molecule has 2 N–H and O–H groups in total. The van der Waals surface area contributed by atoms with E-state index in [1.54, 1.807) is 30.5 Å². The topological polar surface area (TPSA) is 49.3 Å². The second-order valence-electron chi connectivity index (χ2n) is 6.75. The smallest absolute Gasteiger partial charge is 0.191 e. The molecule has 2 aromatic rings. The summed E-state index contributed by atoms with van der Waals surface area (Å²) >= 11 is 1.74. The van der Waals surface area contributed by atoms with Crippen molar-refractivity contribution < 1.29 is 4.39 Å². The standard InChI is InChI=1S/C19H27FN4S.HI/c1-13-14(2)25-17(24-13)9-10-22-18(21-5)23-12-19(3,4)15-7-6-8-16(20)11-15;/h6-8,11H,9-10,12H2,1-5H3,(H2,21,22,23);1H. The minimum Gasteiger partial charge on any atom is -0.356 e. The lowest BCUT2D eigenvalue weighted by Crippen LogP contribution is -2.44. The first-order chi connectivity index (χ1) is 11.8. The average molecular weight is 490 g/mol. The second-order valence-corrected chi connectivity index (χ2v) is 8.03. The highest BCUT2D eigenvalue weighted by Gasteiger charge is 2.21. The van der Waals surface area contributed by atoms with Crippen molar-refractivity contribution in [2.75, 3.05) is 20.1 Å². The van der Waals surface area contributed by atoms with Crippen LogP contribution in [0.3, 0.4) is 0 Å². The van der Waals surface area contributed by atoms with Gasteiger partial charge in [-0.25, -0.2) is 9.37 Å². The van der Waals surface area contributed by atoms with Crippen LogP contribution in [-0.2, 0) is 11.8 Å². The first-order valence-corrected chi connectivity index (χ1v) is 9.27. The number of guanidine groups is 1. The van der Waals surface area contributed by atoms with Crippen molar-refractivity contribution in [2.24, 2.45) is 4.99 Å². The summed E-state index contributed by atoms with van der Waals surface area (Å²) in [5.74, 6) is 0.539. The summed E-state index contributed by atoms with van der Waals surface area (Å²) in [4.78, 5) is 10.1. The van der Waals surface area contributed by atoms with Crippen molar-refractivity contribution in [3.63, 3.8) is 0 Å². The highest BCUT2D eigenvalue weighted by molar-refractivity contribution is 14.0. The first kappa shape index (κ1) is 22.8. The Bertz CT molecular complexity index is 723. The lowest BCUT2D eigenvalue weighted by atomic mass is 9.84. The van der Waals surface area contributed by atoms with Gasteiger partial charge >= 0.3 is 0 Å². The zero-order chi connectivity index (χ0) is 18.4. The Morgan fingerprint density at radius 3 is 2.58 bits per heavy atom. The van der Waals surface area contributed by atoms with Crippen molar-refractivity contribution in [2.45, 2.75) is 39.5 Å². The van der Waals surface area contributed by atoms with Gasteiger partial charge in [0.2, 0.25) is 0 Å². The third-order valence-corrected chi connectivity index (χ3v) is 5.36. The molecular weight excluding hydrogens is 462 g/mol. The highest BCUT2D eigenvalue weighted by atomic mass is 127. The fraction of sp³-hybridized carbons (Fsp3) is 0.474. The summed E-state index contributed by atoms with van der Waals surface area (Å²) < 4.78 is 13.5. The average Bonchev–Trinajstić information content (AvgIpc) is 2.89. The van der Waals surface area contributed by atoms with Crippen LogP contribution >= 0.6 is 35.3 Å². The Morgan fingerprint density at radius 1 is 1.27 bits per heavy atom. The SMILES string of the molecule is CN=C(NCCc1nc(C)c(C)s1)NCC(C)(C)c1cccc(F)c1.I. The van der Waals surface area contributed by atoms with Gasteiger partial charge in [-0.1, -0.05) is 26.0 Å². The third-order valence-electron chi connectivity index (χ3n) is 4.23. The number of hydrogen-bond acceptors (Lipinski definition) is 3. The molecule has 0 aliphatic carbocycles.